The Kier molecular flexibility index (Phi) is 1.37. The fraction of sp³-hybridized carbons (Fsp3) is 0.800. The van der Waals surface area contributed by atoms with Gasteiger partial charge in [0.25, 0.3) is 0 Å². The number of rotatable bonds is 1. The average Bonchev–Trinajstić information content (AvgIpc) is 2.12. The van der Waals surface area contributed by atoms with Crippen molar-refractivity contribution < 1.29 is 4.79 Å². The number of nitrogens with zero attached hydrogens (tertiary/aromatic N) is 2. The molecule has 0 saturated carbocycles. The molecule has 0 aromatic heterocycles. The summed E-state index contributed by atoms with van der Waals surface area (Å²) in [4.78, 5) is 10.5. The fourth-order valence-corrected chi connectivity index (χ4v) is 0.679. The maximum Gasteiger partial charge on any atom is 0.156 e. The van der Waals surface area contributed by atoms with Crippen LogP contribution in [-0.2, 0) is 4.79 Å². The van der Waals surface area contributed by atoms with Crippen LogP contribution in [0.25, 0.3) is 0 Å². The van der Waals surface area contributed by atoms with Crippen molar-refractivity contribution in [3.63, 3.8) is 0 Å². The van der Waals surface area contributed by atoms with Crippen LogP contribution in [0.5, 0.6) is 0 Å². The van der Waals surface area contributed by atoms with Crippen LogP contribution in [0.2, 0.25) is 0 Å². The zero-order chi connectivity index (χ0) is 5.98. The predicted molar refractivity (Wildman–Crippen MR) is 28.8 cm³/mol. The molecule has 3 nitrogen and oxygen atoms in total. The van der Waals surface area contributed by atoms with E-state index >= 15 is 0 Å². The van der Waals surface area contributed by atoms with Gasteiger partial charge in [-0.25, -0.2) is 0 Å². The highest BCUT2D eigenvalue weighted by Gasteiger charge is 2.15. The van der Waals surface area contributed by atoms with E-state index in [1.54, 1.807) is 6.92 Å². The minimum atomic E-state index is -0.116. The average molecular weight is 112 g/mol. The second-order valence-corrected chi connectivity index (χ2v) is 1.90. The van der Waals surface area contributed by atoms with E-state index < -0.39 is 0 Å². The summed E-state index contributed by atoms with van der Waals surface area (Å²) >= 11 is 0. The summed E-state index contributed by atoms with van der Waals surface area (Å²) in [6, 6.07) is -0.116. The first-order valence-corrected chi connectivity index (χ1v) is 2.68. The molecular weight excluding hydrogens is 104 g/mol. The van der Waals surface area contributed by atoms with Crippen molar-refractivity contribution in [2.75, 3.05) is 6.54 Å². The molecule has 0 amide bonds. The Labute approximate surface area is 47.8 Å². The monoisotopic (exact) mass is 112 g/mol. The number of azo groups is 1. The molecule has 8 heavy (non-hydrogen) atoms. The molecule has 3 heteroatoms. The van der Waals surface area contributed by atoms with E-state index in [9.17, 15) is 4.79 Å². The van der Waals surface area contributed by atoms with Gasteiger partial charge >= 0.3 is 0 Å². The smallest absolute Gasteiger partial charge is 0.156 e. The van der Waals surface area contributed by atoms with E-state index in [2.05, 4.69) is 10.2 Å². The second kappa shape index (κ2) is 2.03. The molecule has 0 aromatic carbocycles. The number of carbonyl (C=O) groups excluding carboxylic acids is 1. The normalized spacial score (nSPS) is 26.4. The second-order valence-electron chi connectivity index (χ2n) is 1.90. The van der Waals surface area contributed by atoms with Crippen molar-refractivity contribution >= 4 is 5.78 Å². The zero-order valence-corrected chi connectivity index (χ0v) is 4.79. The molecule has 1 unspecified atom stereocenters. The molecule has 0 radical (unpaired) electrons. The lowest BCUT2D eigenvalue weighted by Gasteiger charge is -1.93. The van der Waals surface area contributed by atoms with Crippen molar-refractivity contribution in [1.29, 1.82) is 0 Å². The topological polar surface area (TPSA) is 41.8 Å². The van der Waals surface area contributed by atoms with E-state index in [1.165, 1.54) is 0 Å². The Morgan fingerprint density at radius 3 is 2.75 bits per heavy atom. The lowest BCUT2D eigenvalue weighted by atomic mass is 10.2. The van der Waals surface area contributed by atoms with Gasteiger partial charge in [-0.05, 0) is 13.3 Å². The van der Waals surface area contributed by atoms with Gasteiger partial charge in [0.1, 0.15) is 6.04 Å². The highest BCUT2D eigenvalue weighted by atomic mass is 16.1. The summed E-state index contributed by atoms with van der Waals surface area (Å²) in [6.07, 6.45) is 0.815. The van der Waals surface area contributed by atoms with Crippen LogP contribution in [-0.4, -0.2) is 18.4 Å². The summed E-state index contributed by atoms with van der Waals surface area (Å²) in [5.41, 5.74) is 0. The molecule has 0 bridgehead atoms. The minimum absolute atomic E-state index is 0.116. The molecule has 1 aliphatic heterocycles. The molecule has 0 N–H and O–H groups in total. The predicted octanol–water partition coefficient (Wildman–Crippen LogP) is 0.800. The molecule has 1 heterocycles. The number of hydrogen-bond donors (Lipinski definition) is 0. The maximum absolute atomic E-state index is 10.5. The van der Waals surface area contributed by atoms with E-state index in [0.29, 0.717) is 0 Å². The van der Waals surface area contributed by atoms with Crippen LogP contribution in [0.4, 0.5) is 0 Å². The third-order valence-electron chi connectivity index (χ3n) is 1.19. The first-order valence-electron chi connectivity index (χ1n) is 2.68. The Morgan fingerprint density at radius 2 is 2.50 bits per heavy atom. The Morgan fingerprint density at radius 1 is 1.75 bits per heavy atom. The molecule has 0 fully saturated rings. The van der Waals surface area contributed by atoms with Crippen LogP contribution >= 0.6 is 0 Å². The van der Waals surface area contributed by atoms with Crippen LogP contribution in [0.1, 0.15) is 13.3 Å². The molecule has 0 saturated heterocycles. The lowest BCUT2D eigenvalue weighted by molar-refractivity contribution is -0.118. The van der Waals surface area contributed by atoms with Gasteiger partial charge in [0, 0.05) is 0 Å². The van der Waals surface area contributed by atoms with Crippen molar-refractivity contribution in [3.05, 3.63) is 0 Å². The summed E-state index contributed by atoms with van der Waals surface area (Å²) in [5.74, 6) is 0.131. The third-order valence-corrected chi connectivity index (χ3v) is 1.19. The van der Waals surface area contributed by atoms with Crippen LogP contribution in [0, 0.1) is 0 Å². The third kappa shape index (κ3) is 0.911. The van der Waals surface area contributed by atoms with E-state index in [0.717, 1.165) is 13.0 Å². The molecule has 0 spiro atoms. The Balaban J connectivity index is 2.48. The lowest BCUT2D eigenvalue weighted by Crippen LogP contribution is -2.11. The largest absolute Gasteiger partial charge is 0.298 e. The maximum atomic E-state index is 10.5. The van der Waals surface area contributed by atoms with Gasteiger partial charge in [0.05, 0.1) is 6.54 Å². The van der Waals surface area contributed by atoms with Gasteiger partial charge in [0.15, 0.2) is 5.78 Å². The molecule has 0 aliphatic carbocycles. The first kappa shape index (κ1) is 5.41. The highest BCUT2D eigenvalue weighted by molar-refractivity contribution is 5.81. The van der Waals surface area contributed by atoms with Gasteiger partial charge in [-0.15, -0.1) is 0 Å². The van der Waals surface area contributed by atoms with E-state index in [4.69, 9.17) is 0 Å². The molecule has 1 aliphatic rings. The van der Waals surface area contributed by atoms with Gasteiger partial charge in [-0.1, -0.05) is 0 Å². The van der Waals surface area contributed by atoms with Crippen LogP contribution in [0.3, 0.4) is 0 Å². The molecule has 1 rings (SSSR count). The zero-order valence-electron chi connectivity index (χ0n) is 4.79. The number of ketones is 1. The molecule has 1 atom stereocenters. The fourth-order valence-electron chi connectivity index (χ4n) is 0.679. The molecule has 0 aromatic rings. The highest BCUT2D eigenvalue weighted by Crippen LogP contribution is 2.07. The van der Waals surface area contributed by atoms with Gasteiger partial charge in [-0.2, -0.15) is 10.2 Å². The quantitative estimate of drug-likeness (QED) is 0.494. The molecular formula is C5H8N2O. The number of Topliss-reactive ketones (excluding diaryl/α,β-unsaturated/α-hetero) is 1. The number of hydrogen-bond acceptors (Lipinski definition) is 3. The standard InChI is InChI=1S/C5H8N2O/c1-4(8)5-2-3-6-7-5/h5H,2-3H2,1H3. The van der Waals surface area contributed by atoms with E-state index in [-0.39, 0.29) is 11.8 Å². The van der Waals surface area contributed by atoms with Gasteiger partial charge < -0.3 is 0 Å². The SMILES string of the molecule is CC(=O)C1CCN=N1. The number of carbonyl (C=O) groups is 1. The Bertz CT molecular complexity index is 130. The van der Waals surface area contributed by atoms with Gasteiger partial charge in [-0.3, -0.25) is 4.79 Å². The van der Waals surface area contributed by atoms with Crippen LogP contribution in [0.15, 0.2) is 10.2 Å². The summed E-state index contributed by atoms with van der Waals surface area (Å²) in [7, 11) is 0. The Hall–Kier alpha value is -0.730. The summed E-state index contributed by atoms with van der Waals surface area (Å²) in [6.45, 7) is 2.28. The van der Waals surface area contributed by atoms with E-state index in [1.807, 2.05) is 0 Å². The van der Waals surface area contributed by atoms with Crippen molar-refractivity contribution in [2.24, 2.45) is 10.2 Å². The minimum Gasteiger partial charge on any atom is -0.298 e. The summed E-state index contributed by atoms with van der Waals surface area (Å²) in [5, 5.41) is 7.40. The molecule has 44 valence electrons. The van der Waals surface area contributed by atoms with Crippen molar-refractivity contribution in [2.45, 2.75) is 19.4 Å². The van der Waals surface area contributed by atoms with Crippen LogP contribution < -0.4 is 0 Å². The van der Waals surface area contributed by atoms with Crippen molar-refractivity contribution in [3.8, 4) is 0 Å². The summed E-state index contributed by atoms with van der Waals surface area (Å²) < 4.78 is 0. The first-order chi connectivity index (χ1) is 3.80. The van der Waals surface area contributed by atoms with Gasteiger partial charge in [0.2, 0.25) is 0 Å². The van der Waals surface area contributed by atoms with Crippen molar-refractivity contribution in [1.82, 2.24) is 0 Å².